The van der Waals surface area contributed by atoms with Crippen molar-refractivity contribution in [3.05, 3.63) is 77.9 Å². The van der Waals surface area contributed by atoms with Crippen molar-refractivity contribution in [3.8, 4) is 5.75 Å². The molecule has 5 rings (SSSR count). The summed E-state index contributed by atoms with van der Waals surface area (Å²) in [6.45, 7) is 0.862. The Hall–Kier alpha value is -3.15. The van der Waals surface area contributed by atoms with Crippen LogP contribution in [0.1, 0.15) is 42.5 Å². The minimum Gasteiger partial charge on any atom is -0.485 e. The van der Waals surface area contributed by atoms with Crippen molar-refractivity contribution in [3.63, 3.8) is 0 Å². The van der Waals surface area contributed by atoms with E-state index in [-0.39, 0.29) is 24.3 Å². The molecule has 6 heteroatoms. The second kappa shape index (κ2) is 8.53. The highest BCUT2D eigenvalue weighted by atomic mass is 16.5. The highest BCUT2D eigenvalue weighted by molar-refractivity contribution is 5.80. The predicted octanol–water partition coefficient (Wildman–Crippen LogP) is 4.44. The van der Waals surface area contributed by atoms with Crippen LogP contribution in [-0.2, 0) is 17.9 Å². The van der Waals surface area contributed by atoms with Gasteiger partial charge in [-0.1, -0.05) is 53.7 Å². The molecule has 31 heavy (non-hydrogen) atoms. The summed E-state index contributed by atoms with van der Waals surface area (Å²) in [7, 11) is 1.89. The van der Waals surface area contributed by atoms with E-state index < -0.39 is 0 Å². The lowest BCUT2D eigenvalue weighted by Crippen LogP contribution is -2.38. The van der Waals surface area contributed by atoms with Crippen molar-refractivity contribution < 1.29 is 14.1 Å². The Bertz CT molecular complexity index is 1020. The van der Waals surface area contributed by atoms with E-state index in [1.54, 1.807) is 0 Å². The van der Waals surface area contributed by atoms with Gasteiger partial charge in [0.05, 0.1) is 11.8 Å². The largest absolute Gasteiger partial charge is 0.485 e. The van der Waals surface area contributed by atoms with Crippen LogP contribution >= 0.6 is 0 Å². The Morgan fingerprint density at radius 1 is 1.06 bits per heavy atom. The molecule has 0 radical (unpaired) electrons. The van der Waals surface area contributed by atoms with Gasteiger partial charge >= 0.3 is 0 Å². The van der Waals surface area contributed by atoms with Crippen LogP contribution in [0.2, 0.25) is 0 Å². The number of aromatic nitrogens is 2. The fourth-order valence-electron chi connectivity index (χ4n) is 5.32. The van der Waals surface area contributed by atoms with E-state index in [9.17, 15) is 4.79 Å². The maximum Gasteiger partial charge on any atom is 0.230 e. The first-order chi connectivity index (χ1) is 15.2. The van der Waals surface area contributed by atoms with Crippen LogP contribution in [0, 0.1) is 17.8 Å². The zero-order valence-corrected chi connectivity index (χ0v) is 17.7. The molecule has 2 fully saturated rings. The number of hydrogen-bond acceptors (Lipinski definition) is 5. The van der Waals surface area contributed by atoms with Gasteiger partial charge in [0.25, 0.3) is 0 Å². The Labute approximate surface area is 182 Å². The molecule has 0 unspecified atom stereocenters. The minimum absolute atomic E-state index is 0.00227. The number of rotatable bonds is 7. The lowest BCUT2D eigenvalue weighted by atomic mass is 9.78. The highest BCUT2D eigenvalue weighted by Gasteiger charge is 2.54. The summed E-state index contributed by atoms with van der Waals surface area (Å²) in [5.41, 5.74) is 1.14. The summed E-state index contributed by atoms with van der Waals surface area (Å²) < 4.78 is 11.4. The van der Waals surface area contributed by atoms with Crippen molar-refractivity contribution >= 4 is 5.91 Å². The van der Waals surface area contributed by atoms with Gasteiger partial charge in [0.2, 0.25) is 17.6 Å². The molecular weight excluding hydrogens is 390 g/mol. The van der Waals surface area contributed by atoms with Gasteiger partial charge in [-0.25, -0.2) is 0 Å². The van der Waals surface area contributed by atoms with Gasteiger partial charge in [-0.05, 0) is 48.8 Å². The van der Waals surface area contributed by atoms with Crippen LogP contribution < -0.4 is 4.74 Å². The van der Waals surface area contributed by atoms with E-state index in [4.69, 9.17) is 9.26 Å². The van der Waals surface area contributed by atoms with Gasteiger partial charge in [0, 0.05) is 13.6 Å². The number of nitrogens with zero attached hydrogens (tertiary/aromatic N) is 3. The molecule has 1 amide bonds. The van der Waals surface area contributed by atoms with Crippen LogP contribution in [0.4, 0.5) is 0 Å². The first-order valence-electron chi connectivity index (χ1n) is 11.0. The average Bonchev–Trinajstić information content (AvgIpc) is 3.54. The standard InChI is InChI=1S/C25H27N3O3/c1-28(15-17-8-4-2-5-9-17)25(29)23-19-13-12-18(14-19)22(23)24-26-21(27-31-24)16-30-20-10-6-3-7-11-20/h2-11,18-19,22-23H,12-16H2,1H3/t18-,19+,22+,23+/m1/s1. The summed E-state index contributed by atoms with van der Waals surface area (Å²) in [6, 6.07) is 19.7. The Morgan fingerprint density at radius 2 is 1.77 bits per heavy atom. The first-order valence-corrected chi connectivity index (χ1v) is 11.0. The lowest BCUT2D eigenvalue weighted by molar-refractivity contribution is -0.137. The third-order valence-electron chi connectivity index (χ3n) is 6.72. The van der Waals surface area contributed by atoms with E-state index in [0.717, 1.165) is 30.6 Å². The fourth-order valence-corrected chi connectivity index (χ4v) is 5.32. The quantitative estimate of drug-likeness (QED) is 0.569. The molecule has 3 aromatic rings. The maximum atomic E-state index is 13.5. The van der Waals surface area contributed by atoms with Crippen LogP contribution in [-0.4, -0.2) is 28.0 Å². The van der Waals surface area contributed by atoms with Crippen molar-refractivity contribution in [2.24, 2.45) is 17.8 Å². The third-order valence-corrected chi connectivity index (χ3v) is 6.72. The van der Waals surface area contributed by atoms with Gasteiger partial charge in [0.15, 0.2) is 6.61 Å². The predicted molar refractivity (Wildman–Crippen MR) is 115 cm³/mol. The first kappa shape index (κ1) is 19.8. The van der Waals surface area contributed by atoms with Crippen LogP contribution in [0.5, 0.6) is 5.75 Å². The van der Waals surface area contributed by atoms with E-state index in [1.807, 2.05) is 60.5 Å². The molecule has 0 N–H and O–H groups in total. The van der Waals surface area contributed by atoms with E-state index in [2.05, 4.69) is 22.3 Å². The Kier molecular flexibility index (Phi) is 5.45. The molecule has 160 valence electrons. The topological polar surface area (TPSA) is 68.5 Å². The number of hydrogen-bond donors (Lipinski definition) is 0. The van der Waals surface area contributed by atoms with Crippen LogP contribution in [0.15, 0.2) is 65.2 Å². The summed E-state index contributed by atoms with van der Waals surface area (Å²) in [4.78, 5) is 19.9. The fraction of sp³-hybridized carbons (Fsp3) is 0.400. The molecule has 0 aliphatic heterocycles. The molecule has 2 aliphatic rings. The SMILES string of the molecule is CN(Cc1ccccc1)C(=O)[C@H]1[C@H]2CC[C@H](C2)[C@@H]1c1nc(COc2ccccc2)no1. The smallest absolute Gasteiger partial charge is 0.230 e. The number of carbonyl (C=O) groups excluding carboxylic acids is 1. The summed E-state index contributed by atoms with van der Waals surface area (Å²) in [5.74, 6) is 2.81. The van der Waals surface area contributed by atoms with Crippen LogP contribution in [0.25, 0.3) is 0 Å². The van der Waals surface area contributed by atoms with E-state index >= 15 is 0 Å². The van der Waals surface area contributed by atoms with Crippen molar-refractivity contribution in [1.82, 2.24) is 15.0 Å². The second-order valence-electron chi connectivity index (χ2n) is 8.72. The van der Waals surface area contributed by atoms with Gasteiger partial charge in [0.1, 0.15) is 5.75 Å². The monoisotopic (exact) mass is 417 g/mol. The zero-order valence-electron chi connectivity index (χ0n) is 17.7. The number of fused-ring (bicyclic) bond motifs is 2. The number of amides is 1. The Balaban J connectivity index is 1.30. The van der Waals surface area contributed by atoms with Crippen LogP contribution in [0.3, 0.4) is 0 Å². The van der Waals surface area contributed by atoms with Gasteiger partial charge < -0.3 is 14.2 Å². The molecule has 1 heterocycles. The third kappa shape index (κ3) is 4.07. The van der Waals surface area contributed by atoms with Crippen molar-refractivity contribution in [1.29, 1.82) is 0 Å². The lowest BCUT2D eigenvalue weighted by Gasteiger charge is -2.31. The molecule has 1 aromatic heterocycles. The molecule has 6 nitrogen and oxygen atoms in total. The average molecular weight is 418 g/mol. The Morgan fingerprint density at radius 3 is 2.55 bits per heavy atom. The van der Waals surface area contributed by atoms with E-state index in [0.29, 0.717) is 30.1 Å². The van der Waals surface area contributed by atoms with Crippen molar-refractivity contribution in [2.45, 2.75) is 38.3 Å². The van der Waals surface area contributed by atoms with Gasteiger partial charge in [-0.2, -0.15) is 4.98 Å². The second-order valence-corrected chi connectivity index (χ2v) is 8.72. The molecule has 0 saturated heterocycles. The molecule has 2 bridgehead atoms. The molecular formula is C25H27N3O3. The molecule has 2 aromatic carbocycles. The maximum absolute atomic E-state index is 13.5. The molecule has 0 spiro atoms. The molecule has 2 saturated carbocycles. The highest BCUT2D eigenvalue weighted by Crippen LogP contribution is 2.56. The number of carbonyl (C=O) groups is 1. The number of ether oxygens (including phenoxy) is 1. The minimum atomic E-state index is -0.0872. The number of benzene rings is 2. The summed E-state index contributed by atoms with van der Waals surface area (Å²) >= 11 is 0. The van der Waals surface area contributed by atoms with Gasteiger partial charge in [-0.15, -0.1) is 0 Å². The number of para-hydroxylation sites is 1. The summed E-state index contributed by atoms with van der Waals surface area (Å²) in [6.07, 6.45) is 3.30. The normalized spacial score (nSPS) is 24.3. The zero-order chi connectivity index (χ0) is 21.2. The molecule has 4 atom stereocenters. The molecule has 2 aliphatic carbocycles. The van der Waals surface area contributed by atoms with Crippen molar-refractivity contribution in [2.75, 3.05) is 7.05 Å². The van der Waals surface area contributed by atoms with E-state index in [1.165, 1.54) is 0 Å². The summed E-state index contributed by atoms with van der Waals surface area (Å²) in [5, 5.41) is 4.13. The van der Waals surface area contributed by atoms with Gasteiger partial charge in [-0.3, -0.25) is 4.79 Å².